The zero-order valence-electron chi connectivity index (χ0n) is 10.2. The van der Waals surface area contributed by atoms with Crippen LogP contribution in [0.25, 0.3) is 0 Å². The summed E-state index contributed by atoms with van der Waals surface area (Å²) in [4.78, 5) is 0. The highest BCUT2D eigenvalue weighted by Gasteiger charge is 2.11. The van der Waals surface area contributed by atoms with Crippen LogP contribution in [-0.4, -0.2) is 0 Å². The van der Waals surface area contributed by atoms with Crippen LogP contribution in [0.1, 0.15) is 22.6 Å². The van der Waals surface area contributed by atoms with Crippen LogP contribution in [-0.2, 0) is 6.42 Å². The van der Waals surface area contributed by atoms with Crippen LogP contribution in [0.3, 0.4) is 0 Å². The number of aryl methyl sites for hydroxylation is 1. The molecule has 0 saturated heterocycles. The lowest BCUT2D eigenvalue weighted by Gasteiger charge is -2.10. The maximum absolute atomic E-state index is 9.30. The number of nitriles is 1. The summed E-state index contributed by atoms with van der Waals surface area (Å²) in [6.07, 6.45) is 0.762. The molecule has 2 heteroatoms. The lowest BCUT2D eigenvalue weighted by molar-refractivity contribution is 0.848. The van der Waals surface area contributed by atoms with Gasteiger partial charge >= 0.3 is 0 Å². The first-order valence-electron chi connectivity index (χ1n) is 5.89. The fourth-order valence-electron chi connectivity index (χ4n) is 1.89. The Morgan fingerprint density at radius 3 is 2.22 bits per heavy atom. The average molecular weight is 300 g/mol. The van der Waals surface area contributed by atoms with Crippen molar-refractivity contribution in [3.05, 3.63) is 69.7 Å². The second kappa shape index (κ2) is 5.84. The van der Waals surface area contributed by atoms with Crippen LogP contribution in [0.2, 0.25) is 0 Å². The number of halogens is 1. The van der Waals surface area contributed by atoms with E-state index in [1.54, 1.807) is 0 Å². The highest BCUT2D eigenvalue weighted by Crippen LogP contribution is 2.22. The van der Waals surface area contributed by atoms with E-state index in [0.717, 1.165) is 16.5 Å². The van der Waals surface area contributed by atoms with E-state index in [1.807, 2.05) is 24.3 Å². The SMILES string of the molecule is Cc1ccc(CC(C#N)c2ccc(Br)cc2)cc1. The summed E-state index contributed by atoms with van der Waals surface area (Å²) < 4.78 is 1.04. The maximum Gasteiger partial charge on any atom is 0.0753 e. The summed E-state index contributed by atoms with van der Waals surface area (Å²) in [5.41, 5.74) is 3.52. The highest BCUT2D eigenvalue weighted by molar-refractivity contribution is 9.10. The van der Waals surface area contributed by atoms with Gasteiger partial charge < -0.3 is 0 Å². The molecule has 0 N–H and O–H groups in total. The second-order valence-electron chi connectivity index (χ2n) is 4.42. The van der Waals surface area contributed by atoms with Gasteiger partial charge in [-0.25, -0.2) is 0 Å². The van der Waals surface area contributed by atoms with Gasteiger partial charge in [-0.3, -0.25) is 0 Å². The average Bonchev–Trinajstić information content (AvgIpc) is 2.39. The Bertz CT molecular complexity index is 549. The van der Waals surface area contributed by atoms with Gasteiger partial charge in [0.25, 0.3) is 0 Å². The number of nitrogens with zero attached hydrogens (tertiary/aromatic N) is 1. The molecule has 18 heavy (non-hydrogen) atoms. The lowest BCUT2D eigenvalue weighted by Crippen LogP contribution is -2.00. The molecule has 0 fully saturated rings. The molecule has 2 rings (SSSR count). The van der Waals surface area contributed by atoms with Crippen molar-refractivity contribution < 1.29 is 0 Å². The van der Waals surface area contributed by atoms with E-state index in [0.29, 0.717) is 0 Å². The Hall–Kier alpha value is -1.59. The standard InChI is InChI=1S/C16H14BrN/c1-12-2-4-13(5-3-12)10-15(11-18)14-6-8-16(17)9-7-14/h2-9,15H,10H2,1H3. The van der Waals surface area contributed by atoms with Gasteiger partial charge in [-0.1, -0.05) is 57.9 Å². The van der Waals surface area contributed by atoms with Crippen LogP contribution in [0, 0.1) is 18.3 Å². The molecule has 0 aromatic heterocycles. The van der Waals surface area contributed by atoms with E-state index >= 15 is 0 Å². The molecule has 1 unspecified atom stereocenters. The summed E-state index contributed by atoms with van der Waals surface area (Å²) in [5, 5.41) is 9.30. The van der Waals surface area contributed by atoms with Crippen LogP contribution < -0.4 is 0 Å². The highest BCUT2D eigenvalue weighted by atomic mass is 79.9. The quantitative estimate of drug-likeness (QED) is 0.812. The summed E-state index contributed by atoms with van der Waals surface area (Å²) in [5.74, 6) is -0.0826. The van der Waals surface area contributed by atoms with E-state index in [9.17, 15) is 5.26 Å². The van der Waals surface area contributed by atoms with Crippen molar-refractivity contribution in [2.75, 3.05) is 0 Å². The molecule has 2 aromatic carbocycles. The molecular weight excluding hydrogens is 286 g/mol. The van der Waals surface area contributed by atoms with E-state index in [-0.39, 0.29) is 5.92 Å². The molecule has 0 aliphatic rings. The minimum Gasteiger partial charge on any atom is -0.198 e. The Morgan fingerprint density at radius 1 is 1.06 bits per heavy atom. The second-order valence-corrected chi connectivity index (χ2v) is 5.34. The number of rotatable bonds is 3. The Morgan fingerprint density at radius 2 is 1.67 bits per heavy atom. The smallest absolute Gasteiger partial charge is 0.0753 e. The van der Waals surface area contributed by atoms with Gasteiger partial charge in [-0.05, 0) is 36.6 Å². The first-order chi connectivity index (χ1) is 8.69. The Kier molecular flexibility index (Phi) is 4.17. The van der Waals surface area contributed by atoms with Crippen LogP contribution >= 0.6 is 15.9 Å². The van der Waals surface area contributed by atoms with E-state index in [1.165, 1.54) is 11.1 Å². The van der Waals surface area contributed by atoms with Crippen molar-refractivity contribution in [1.82, 2.24) is 0 Å². The normalized spacial score (nSPS) is 11.8. The first kappa shape index (κ1) is 12.9. The van der Waals surface area contributed by atoms with Gasteiger partial charge in [-0.2, -0.15) is 5.26 Å². The molecular formula is C16H14BrN. The lowest BCUT2D eigenvalue weighted by atomic mass is 9.93. The van der Waals surface area contributed by atoms with Gasteiger partial charge in [0.15, 0.2) is 0 Å². The van der Waals surface area contributed by atoms with Crippen LogP contribution in [0.15, 0.2) is 53.0 Å². The molecule has 0 aliphatic carbocycles. The zero-order valence-corrected chi connectivity index (χ0v) is 11.8. The molecule has 0 spiro atoms. The zero-order chi connectivity index (χ0) is 13.0. The largest absolute Gasteiger partial charge is 0.198 e. The molecule has 0 bridgehead atoms. The van der Waals surface area contributed by atoms with Gasteiger partial charge in [0.05, 0.1) is 12.0 Å². The first-order valence-corrected chi connectivity index (χ1v) is 6.69. The van der Waals surface area contributed by atoms with E-state index in [4.69, 9.17) is 0 Å². The molecule has 1 nitrogen and oxygen atoms in total. The third-order valence-electron chi connectivity index (χ3n) is 2.99. The fourth-order valence-corrected chi connectivity index (χ4v) is 2.16. The number of benzene rings is 2. The van der Waals surface area contributed by atoms with Gasteiger partial charge in [0.1, 0.15) is 0 Å². The minimum absolute atomic E-state index is 0.0826. The maximum atomic E-state index is 9.30. The van der Waals surface area contributed by atoms with Crippen LogP contribution in [0.4, 0.5) is 0 Å². The summed E-state index contributed by atoms with van der Waals surface area (Å²) >= 11 is 3.41. The molecule has 0 radical (unpaired) electrons. The van der Waals surface area contributed by atoms with Crippen molar-refractivity contribution >= 4 is 15.9 Å². The molecule has 0 saturated carbocycles. The summed E-state index contributed by atoms with van der Waals surface area (Å²) in [6, 6.07) is 18.7. The predicted molar refractivity (Wildman–Crippen MR) is 77.4 cm³/mol. The number of hydrogen-bond acceptors (Lipinski definition) is 1. The van der Waals surface area contributed by atoms with Crippen molar-refractivity contribution in [3.63, 3.8) is 0 Å². The van der Waals surface area contributed by atoms with Gasteiger partial charge in [-0.15, -0.1) is 0 Å². The van der Waals surface area contributed by atoms with Crippen molar-refractivity contribution in [1.29, 1.82) is 5.26 Å². The summed E-state index contributed by atoms with van der Waals surface area (Å²) in [7, 11) is 0. The fraction of sp³-hybridized carbons (Fsp3) is 0.188. The summed E-state index contributed by atoms with van der Waals surface area (Å²) in [6.45, 7) is 2.07. The van der Waals surface area contributed by atoms with E-state index < -0.39 is 0 Å². The third kappa shape index (κ3) is 3.21. The minimum atomic E-state index is -0.0826. The van der Waals surface area contributed by atoms with Crippen molar-refractivity contribution in [2.45, 2.75) is 19.3 Å². The van der Waals surface area contributed by atoms with E-state index in [2.05, 4.69) is 53.2 Å². The predicted octanol–water partition coefficient (Wildman–Crippen LogP) is 4.61. The van der Waals surface area contributed by atoms with Crippen LogP contribution in [0.5, 0.6) is 0 Å². The van der Waals surface area contributed by atoms with Gasteiger partial charge in [0.2, 0.25) is 0 Å². The Labute approximate surface area is 116 Å². The number of hydrogen-bond donors (Lipinski definition) is 0. The molecule has 90 valence electrons. The molecule has 2 aromatic rings. The topological polar surface area (TPSA) is 23.8 Å². The molecule has 0 heterocycles. The van der Waals surface area contributed by atoms with Crippen molar-refractivity contribution in [2.24, 2.45) is 0 Å². The molecule has 1 atom stereocenters. The third-order valence-corrected chi connectivity index (χ3v) is 3.52. The molecule has 0 amide bonds. The monoisotopic (exact) mass is 299 g/mol. The Balaban J connectivity index is 2.17. The molecule has 0 aliphatic heterocycles. The van der Waals surface area contributed by atoms with Crippen molar-refractivity contribution in [3.8, 4) is 6.07 Å². The van der Waals surface area contributed by atoms with Gasteiger partial charge in [0, 0.05) is 4.47 Å².